The lowest BCUT2D eigenvalue weighted by Crippen LogP contribution is -2.49. The predicted molar refractivity (Wildman–Crippen MR) is 97.9 cm³/mol. The molecule has 26 heavy (non-hydrogen) atoms. The van der Waals surface area contributed by atoms with Crippen LogP contribution in [0.3, 0.4) is 0 Å². The largest absolute Gasteiger partial charge is 0.354 e. The number of halogens is 1. The molecule has 1 aliphatic carbocycles. The Morgan fingerprint density at radius 3 is 2.38 bits per heavy atom. The van der Waals surface area contributed by atoms with Gasteiger partial charge in [0.1, 0.15) is 22.6 Å². The van der Waals surface area contributed by atoms with E-state index >= 15 is 0 Å². The van der Waals surface area contributed by atoms with Gasteiger partial charge in [-0.15, -0.1) is 0 Å². The number of anilines is 1. The molecule has 8 nitrogen and oxygen atoms in total. The van der Waals surface area contributed by atoms with Crippen LogP contribution in [-0.4, -0.2) is 58.4 Å². The van der Waals surface area contributed by atoms with Crippen molar-refractivity contribution in [2.24, 2.45) is 7.05 Å². The molecule has 140 valence electrons. The minimum atomic E-state index is -3.57. The number of piperazine rings is 1. The molecule has 2 aliphatic rings. The Morgan fingerprint density at radius 2 is 1.81 bits per heavy atom. The summed E-state index contributed by atoms with van der Waals surface area (Å²) in [5, 5.41) is 0.544. The summed E-state index contributed by atoms with van der Waals surface area (Å²) in [7, 11) is -1.79. The molecule has 1 saturated heterocycles. The summed E-state index contributed by atoms with van der Waals surface area (Å²) < 4.78 is 28.8. The van der Waals surface area contributed by atoms with E-state index in [0.29, 0.717) is 43.1 Å². The Balaban J connectivity index is 1.49. The number of hydrogen-bond acceptors (Lipinski definition) is 6. The van der Waals surface area contributed by atoms with Gasteiger partial charge in [0.2, 0.25) is 0 Å². The Bertz CT molecular complexity index is 913. The second-order valence-electron chi connectivity index (χ2n) is 6.81. The van der Waals surface area contributed by atoms with Crippen LogP contribution in [0.4, 0.5) is 5.82 Å². The van der Waals surface area contributed by atoms with E-state index in [1.807, 2.05) is 0 Å². The van der Waals surface area contributed by atoms with Crippen molar-refractivity contribution >= 4 is 27.4 Å². The molecule has 3 heterocycles. The molecule has 2 fully saturated rings. The molecular formula is C16H21ClN6O2S. The molecule has 2 aromatic rings. The molecular weight excluding hydrogens is 376 g/mol. The van der Waals surface area contributed by atoms with Crippen molar-refractivity contribution in [3.05, 3.63) is 29.1 Å². The van der Waals surface area contributed by atoms with E-state index in [2.05, 4.69) is 19.9 Å². The molecule has 0 radical (unpaired) electrons. The van der Waals surface area contributed by atoms with Crippen LogP contribution in [0.25, 0.3) is 0 Å². The van der Waals surface area contributed by atoms with Gasteiger partial charge in [-0.2, -0.15) is 4.31 Å². The topological polar surface area (TPSA) is 84.2 Å². The Labute approximate surface area is 157 Å². The minimum absolute atomic E-state index is 0.104. The number of nitrogens with zero attached hydrogens (tertiary/aromatic N) is 6. The van der Waals surface area contributed by atoms with Gasteiger partial charge in [0.05, 0.1) is 0 Å². The first-order valence-electron chi connectivity index (χ1n) is 8.64. The van der Waals surface area contributed by atoms with E-state index in [1.165, 1.54) is 4.31 Å². The van der Waals surface area contributed by atoms with Crippen LogP contribution in [0.2, 0.25) is 5.15 Å². The van der Waals surface area contributed by atoms with Gasteiger partial charge in [0.15, 0.2) is 5.03 Å². The highest BCUT2D eigenvalue weighted by Gasteiger charge is 2.32. The third-order valence-electron chi connectivity index (χ3n) is 4.89. The molecule has 0 unspecified atom stereocenters. The lowest BCUT2D eigenvalue weighted by molar-refractivity contribution is 0.382. The normalized spacial score (nSPS) is 19.1. The summed E-state index contributed by atoms with van der Waals surface area (Å²) in [6.45, 7) is 3.68. The molecule has 4 rings (SSSR count). The van der Waals surface area contributed by atoms with E-state index in [0.717, 1.165) is 24.5 Å². The number of rotatable bonds is 4. The van der Waals surface area contributed by atoms with Gasteiger partial charge in [-0.3, -0.25) is 0 Å². The predicted octanol–water partition coefficient (Wildman–Crippen LogP) is 1.56. The van der Waals surface area contributed by atoms with Crippen molar-refractivity contribution in [3.8, 4) is 0 Å². The number of imidazole rings is 1. The van der Waals surface area contributed by atoms with Crippen LogP contribution < -0.4 is 4.90 Å². The second-order valence-corrected chi connectivity index (χ2v) is 9.08. The summed E-state index contributed by atoms with van der Waals surface area (Å²) in [5.74, 6) is 2.66. The fourth-order valence-corrected chi connectivity index (χ4v) is 4.68. The Morgan fingerprint density at radius 1 is 1.12 bits per heavy atom. The van der Waals surface area contributed by atoms with Crippen LogP contribution in [0.1, 0.15) is 30.4 Å². The Hall–Kier alpha value is -1.71. The molecule has 0 amide bonds. The molecule has 0 spiro atoms. The Kier molecular flexibility index (Phi) is 4.40. The van der Waals surface area contributed by atoms with Gasteiger partial charge >= 0.3 is 0 Å². The van der Waals surface area contributed by atoms with Gasteiger partial charge in [-0.05, 0) is 19.8 Å². The fourth-order valence-electron chi connectivity index (χ4n) is 3.05. The highest BCUT2D eigenvalue weighted by Crippen LogP contribution is 2.39. The third kappa shape index (κ3) is 3.30. The molecule has 0 N–H and O–H groups in total. The lowest BCUT2D eigenvalue weighted by atomic mass is 10.3. The van der Waals surface area contributed by atoms with Crippen molar-refractivity contribution in [2.45, 2.75) is 30.7 Å². The molecule has 2 aromatic heterocycles. The maximum Gasteiger partial charge on any atom is 0.262 e. The van der Waals surface area contributed by atoms with Crippen molar-refractivity contribution < 1.29 is 8.42 Å². The van der Waals surface area contributed by atoms with Gasteiger partial charge < -0.3 is 9.47 Å². The summed E-state index contributed by atoms with van der Waals surface area (Å²) in [5.41, 5.74) is 0. The van der Waals surface area contributed by atoms with E-state index in [-0.39, 0.29) is 5.03 Å². The molecule has 0 aromatic carbocycles. The lowest BCUT2D eigenvalue weighted by Gasteiger charge is -2.34. The average molecular weight is 397 g/mol. The zero-order valence-corrected chi connectivity index (χ0v) is 16.3. The highest BCUT2D eigenvalue weighted by atomic mass is 35.5. The van der Waals surface area contributed by atoms with E-state index in [1.54, 1.807) is 30.8 Å². The molecule has 1 saturated carbocycles. The average Bonchev–Trinajstić information content (AvgIpc) is 3.40. The van der Waals surface area contributed by atoms with Crippen molar-refractivity contribution in [2.75, 3.05) is 31.1 Å². The highest BCUT2D eigenvalue weighted by molar-refractivity contribution is 7.89. The van der Waals surface area contributed by atoms with Crippen LogP contribution in [0.5, 0.6) is 0 Å². The molecule has 0 atom stereocenters. The summed E-state index contributed by atoms with van der Waals surface area (Å²) in [6.07, 6.45) is 3.77. The number of hydrogen-bond donors (Lipinski definition) is 0. The van der Waals surface area contributed by atoms with E-state index < -0.39 is 10.0 Å². The van der Waals surface area contributed by atoms with Gasteiger partial charge in [0, 0.05) is 51.4 Å². The summed E-state index contributed by atoms with van der Waals surface area (Å²) in [4.78, 5) is 15.2. The SMILES string of the molecule is Cc1nc(S(=O)(=O)N2CCN(c3cc(Cl)nc(C4CC4)n3)CC2)cn1C. The first-order valence-corrected chi connectivity index (χ1v) is 10.5. The number of sulfonamides is 1. The van der Waals surface area contributed by atoms with Crippen LogP contribution in [0.15, 0.2) is 17.3 Å². The van der Waals surface area contributed by atoms with E-state index in [9.17, 15) is 8.42 Å². The van der Waals surface area contributed by atoms with Gasteiger partial charge in [-0.1, -0.05) is 11.6 Å². The second kappa shape index (κ2) is 6.47. The van der Waals surface area contributed by atoms with Crippen molar-refractivity contribution in [1.82, 2.24) is 23.8 Å². The van der Waals surface area contributed by atoms with Crippen LogP contribution in [0, 0.1) is 6.92 Å². The van der Waals surface area contributed by atoms with Crippen molar-refractivity contribution in [1.29, 1.82) is 0 Å². The zero-order chi connectivity index (χ0) is 18.5. The minimum Gasteiger partial charge on any atom is -0.354 e. The molecule has 1 aliphatic heterocycles. The van der Waals surface area contributed by atoms with Crippen LogP contribution in [-0.2, 0) is 17.1 Å². The third-order valence-corrected chi connectivity index (χ3v) is 6.86. The maximum atomic E-state index is 12.8. The molecule has 0 bridgehead atoms. The standard InChI is InChI=1S/C16H21ClN6O2S/c1-11-18-15(10-21(11)2)26(24,25)23-7-5-22(6-8-23)14-9-13(17)19-16(20-14)12-3-4-12/h9-10,12H,3-8H2,1-2H3. The first-order chi connectivity index (χ1) is 12.3. The number of aromatic nitrogens is 4. The van der Waals surface area contributed by atoms with Gasteiger partial charge in [-0.25, -0.2) is 23.4 Å². The first kappa shape index (κ1) is 17.7. The quantitative estimate of drug-likeness (QED) is 0.729. The molecule has 10 heteroatoms. The fraction of sp³-hybridized carbons (Fsp3) is 0.562. The van der Waals surface area contributed by atoms with Gasteiger partial charge in [0.25, 0.3) is 10.0 Å². The smallest absolute Gasteiger partial charge is 0.262 e. The van der Waals surface area contributed by atoms with Crippen molar-refractivity contribution in [3.63, 3.8) is 0 Å². The number of aryl methyl sites for hydroxylation is 2. The maximum absolute atomic E-state index is 12.8. The van der Waals surface area contributed by atoms with E-state index in [4.69, 9.17) is 11.6 Å². The van der Waals surface area contributed by atoms with Crippen LogP contribution >= 0.6 is 11.6 Å². The zero-order valence-electron chi connectivity index (χ0n) is 14.8. The monoisotopic (exact) mass is 396 g/mol. The summed E-state index contributed by atoms with van der Waals surface area (Å²) in [6, 6.07) is 1.75. The summed E-state index contributed by atoms with van der Waals surface area (Å²) >= 11 is 6.14.